The first-order valence-electron chi connectivity index (χ1n) is 5.59. The van der Waals surface area contributed by atoms with E-state index in [1.807, 2.05) is 0 Å². The van der Waals surface area contributed by atoms with Crippen molar-refractivity contribution in [1.82, 2.24) is 5.32 Å². The zero-order valence-electron chi connectivity index (χ0n) is 8.94. The van der Waals surface area contributed by atoms with Crippen molar-refractivity contribution in [2.75, 3.05) is 13.1 Å². The zero-order valence-corrected chi connectivity index (χ0v) is 8.94. The first-order valence-corrected chi connectivity index (χ1v) is 5.59. The minimum Gasteiger partial charge on any atom is -0.355 e. The number of nitrogens with one attached hydrogen (secondary N) is 1. The van der Waals surface area contributed by atoms with Crippen LogP contribution in [0.1, 0.15) is 39.0 Å². The Labute approximate surface area is 85.4 Å². The summed E-state index contributed by atoms with van der Waals surface area (Å²) in [5.74, 6) is 0.194. The number of carbonyl (C=O) groups excluding carboxylic acids is 1. The molecule has 0 aromatic rings. The van der Waals surface area contributed by atoms with Crippen molar-refractivity contribution in [2.24, 2.45) is 16.6 Å². The molecule has 0 unspecified atom stereocenters. The molecule has 2 saturated carbocycles. The quantitative estimate of drug-likeness (QED) is 0.705. The average Bonchev–Trinajstić information content (AvgIpc) is 2.80. The van der Waals surface area contributed by atoms with Gasteiger partial charge in [0.2, 0.25) is 5.91 Å². The van der Waals surface area contributed by atoms with Gasteiger partial charge in [0.15, 0.2) is 0 Å². The van der Waals surface area contributed by atoms with E-state index >= 15 is 0 Å². The van der Waals surface area contributed by atoms with Crippen molar-refractivity contribution in [2.45, 2.75) is 39.0 Å². The van der Waals surface area contributed by atoms with Crippen LogP contribution in [0.2, 0.25) is 0 Å². The third kappa shape index (κ3) is 1.65. The van der Waals surface area contributed by atoms with Gasteiger partial charge in [0, 0.05) is 13.1 Å². The van der Waals surface area contributed by atoms with Gasteiger partial charge in [-0.3, -0.25) is 4.79 Å². The third-order valence-electron chi connectivity index (χ3n) is 3.96. The fraction of sp³-hybridized carbons (Fsp3) is 0.909. The molecular weight excluding hydrogens is 176 g/mol. The maximum Gasteiger partial charge on any atom is 0.227 e. The lowest BCUT2D eigenvalue weighted by Crippen LogP contribution is -2.51. The number of hydrogen-bond donors (Lipinski definition) is 2. The van der Waals surface area contributed by atoms with Crippen LogP contribution < -0.4 is 11.1 Å². The lowest BCUT2D eigenvalue weighted by molar-refractivity contribution is -0.135. The SMILES string of the molecule is CC1(CNC(=O)C2(CN)CCC2)CC1. The van der Waals surface area contributed by atoms with Gasteiger partial charge >= 0.3 is 0 Å². The normalized spacial score (nSPS) is 26.4. The Bertz CT molecular complexity index is 236. The van der Waals surface area contributed by atoms with Crippen LogP contribution in [0.4, 0.5) is 0 Å². The smallest absolute Gasteiger partial charge is 0.227 e. The van der Waals surface area contributed by atoms with Gasteiger partial charge in [-0.05, 0) is 31.1 Å². The lowest BCUT2D eigenvalue weighted by Gasteiger charge is -2.39. The second kappa shape index (κ2) is 3.23. The maximum absolute atomic E-state index is 11.9. The van der Waals surface area contributed by atoms with Crippen molar-refractivity contribution in [3.8, 4) is 0 Å². The lowest BCUT2D eigenvalue weighted by atomic mass is 9.68. The molecule has 0 heterocycles. The second-order valence-electron chi connectivity index (χ2n) is 5.33. The van der Waals surface area contributed by atoms with Gasteiger partial charge in [-0.15, -0.1) is 0 Å². The van der Waals surface area contributed by atoms with Crippen molar-refractivity contribution in [3.05, 3.63) is 0 Å². The summed E-state index contributed by atoms with van der Waals surface area (Å²) in [6, 6.07) is 0. The molecule has 80 valence electrons. The Morgan fingerprint density at radius 3 is 2.36 bits per heavy atom. The molecule has 3 nitrogen and oxygen atoms in total. The monoisotopic (exact) mass is 196 g/mol. The third-order valence-corrected chi connectivity index (χ3v) is 3.96. The van der Waals surface area contributed by atoms with E-state index in [0.717, 1.165) is 25.8 Å². The molecular formula is C11H20N2O. The van der Waals surface area contributed by atoms with Gasteiger partial charge in [-0.25, -0.2) is 0 Å². The molecule has 0 saturated heterocycles. The van der Waals surface area contributed by atoms with Gasteiger partial charge in [0.05, 0.1) is 5.41 Å². The Kier molecular flexibility index (Phi) is 2.30. The van der Waals surface area contributed by atoms with Gasteiger partial charge in [0.1, 0.15) is 0 Å². The molecule has 0 spiro atoms. The molecule has 0 aromatic carbocycles. The molecule has 0 aliphatic heterocycles. The Morgan fingerprint density at radius 2 is 2.00 bits per heavy atom. The number of amides is 1. The Morgan fingerprint density at radius 1 is 1.36 bits per heavy atom. The van der Waals surface area contributed by atoms with Crippen molar-refractivity contribution < 1.29 is 4.79 Å². The zero-order chi connectivity index (χ0) is 10.2. The summed E-state index contributed by atoms with van der Waals surface area (Å²) in [6.45, 7) is 3.58. The minimum atomic E-state index is -0.203. The molecule has 3 heteroatoms. The molecule has 0 radical (unpaired) electrons. The van der Waals surface area contributed by atoms with Crippen LogP contribution in [0.3, 0.4) is 0 Å². The van der Waals surface area contributed by atoms with E-state index in [4.69, 9.17) is 5.73 Å². The molecule has 2 fully saturated rings. The molecule has 2 rings (SSSR count). The van der Waals surface area contributed by atoms with Crippen LogP contribution >= 0.6 is 0 Å². The second-order valence-corrected chi connectivity index (χ2v) is 5.33. The standard InChI is InChI=1S/C11H20N2O/c1-10(5-6-10)8-13-9(14)11(7-12)3-2-4-11/h2-8,12H2,1H3,(H,13,14). The fourth-order valence-corrected chi connectivity index (χ4v) is 2.00. The van der Waals surface area contributed by atoms with E-state index in [1.165, 1.54) is 12.8 Å². The molecule has 1 amide bonds. The van der Waals surface area contributed by atoms with E-state index in [1.54, 1.807) is 0 Å². The summed E-state index contributed by atoms with van der Waals surface area (Å²) < 4.78 is 0. The summed E-state index contributed by atoms with van der Waals surface area (Å²) in [7, 11) is 0. The van der Waals surface area contributed by atoms with Crippen LogP contribution in [0, 0.1) is 10.8 Å². The summed E-state index contributed by atoms with van der Waals surface area (Å²) >= 11 is 0. The van der Waals surface area contributed by atoms with E-state index in [2.05, 4.69) is 12.2 Å². The highest BCUT2D eigenvalue weighted by Crippen LogP contribution is 2.45. The highest BCUT2D eigenvalue weighted by Gasteiger charge is 2.44. The number of carbonyl (C=O) groups is 1. The number of hydrogen-bond acceptors (Lipinski definition) is 2. The first-order chi connectivity index (χ1) is 6.60. The van der Waals surface area contributed by atoms with E-state index in [0.29, 0.717) is 12.0 Å². The molecule has 14 heavy (non-hydrogen) atoms. The van der Waals surface area contributed by atoms with E-state index in [9.17, 15) is 4.79 Å². The van der Waals surface area contributed by atoms with Crippen LogP contribution in [0.5, 0.6) is 0 Å². The minimum absolute atomic E-state index is 0.194. The van der Waals surface area contributed by atoms with Crippen LogP contribution in [0.15, 0.2) is 0 Å². The Balaban J connectivity index is 1.82. The largest absolute Gasteiger partial charge is 0.355 e. The molecule has 2 aliphatic rings. The number of rotatable bonds is 4. The first kappa shape index (κ1) is 9.97. The van der Waals surface area contributed by atoms with Crippen molar-refractivity contribution >= 4 is 5.91 Å². The Hall–Kier alpha value is -0.570. The topological polar surface area (TPSA) is 55.1 Å². The molecule has 0 atom stereocenters. The van der Waals surface area contributed by atoms with Gasteiger partial charge in [-0.1, -0.05) is 13.3 Å². The summed E-state index contributed by atoms with van der Waals surface area (Å²) in [6.07, 6.45) is 5.62. The summed E-state index contributed by atoms with van der Waals surface area (Å²) in [5.41, 5.74) is 5.86. The van der Waals surface area contributed by atoms with Gasteiger partial charge in [-0.2, -0.15) is 0 Å². The average molecular weight is 196 g/mol. The predicted octanol–water partition coefficient (Wildman–Crippen LogP) is 1.03. The van der Waals surface area contributed by atoms with E-state index in [-0.39, 0.29) is 11.3 Å². The maximum atomic E-state index is 11.9. The highest BCUT2D eigenvalue weighted by molar-refractivity contribution is 5.83. The summed E-state index contributed by atoms with van der Waals surface area (Å²) in [4.78, 5) is 11.9. The highest BCUT2D eigenvalue weighted by atomic mass is 16.2. The van der Waals surface area contributed by atoms with Crippen LogP contribution in [-0.2, 0) is 4.79 Å². The molecule has 2 aliphatic carbocycles. The van der Waals surface area contributed by atoms with Gasteiger partial charge in [0.25, 0.3) is 0 Å². The number of nitrogens with two attached hydrogens (primary N) is 1. The summed E-state index contributed by atoms with van der Waals surface area (Å²) in [5, 5.41) is 3.06. The van der Waals surface area contributed by atoms with Crippen molar-refractivity contribution in [3.63, 3.8) is 0 Å². The van der Waals surface area contributed by atoms with Crippen LogP contribution in [-0.4, -0.2) is 19.0 Å². The van der Waals surface area contributed by atoms with Gasteiger partial charge < -0.3 is 11.1 Å². The van der Waals surface area contributed by atoms with Crippen LogP contribution in [0.25, 0.3) is 0 Å². The predicted molar refractivity (Wildman–Crippen MR) is 55.7 cm³/mol. The fourth-order valence-electron chi connectivity index (χ4n) is 2.00. The molecule has 0 aromatic heterocycles. The van der Waals surface area contributed by atoms with Crippen molar-refractivity contribution in [1.29, 1.82) is 0 Å². The van der Waals surface area contributed by atoms with E-state index < -0.39 is 0 Å². The molecule has 0 bridgehead atoms. The molecule has 3 N–H and O–H groups in total.